The predicted octanol–water partition coefficient (Wildman–Crippen LogP) is 12.8. The molecule has 0 N–H and O–H groups in total. The van der Waals surface area contributed by atoms with Crippen molar-refractivity contribution in [1.82, 2.24) is 15.0 Å². The van der Waals surface area contributed by atoms with Crippen molar-refractivity contribution in [2.24, 2.45) is 0 Å². The first-order valence-electron chi connectivity index (χ1n) is 17.1. The van der Waals surface area contributed by atoms with Gasteiger partial charge in [-0.05, 0) is 54.6 Å². The Morgan fingerprint density at radius 2 is 1.06 bits per heavy atom. The fourth-order valence-corrected chi connectivity index (χ4v) is 8.47. The van der Waals surface area contributed by atoms with Crippen molar-refractivity contribution in [1.29, 1.82) is 0 Å². The minimum atomic E-state index is 0.492. The van der Waals surface area contributed by atoms with Crippen LogP contribution in [0.1, 0.15) is 0 Å². The van der Waals surface area contributed by atoms with E-state index in [9.17, 15) is 0 Å². The molecule has 0 bridgehead atoms. The van der Waals surface area contributed by atoms with Crippen LogP contribution in [0, 0.1) is 0 Å². The van der Waals surface area contributed by atoms with Gasteiger partial charge in [-0.25, -0.2) is 4.98 Å². The van der Waals surface area contributed by atoms with Gasteiger partial charge >= 0.3 is 0 Å². The molecule has 52 heavy (non-hydrogen) atoms. The van der Waals surface area contributed by atoms with E-state index in [0.717, 1.165) is 66.4 Å². The molecule has 0 aliphatic heterocycles. The summed E-state index contributed by atoms with van der Waals surface area (Å²) in [5.41, 5.74) is 6.81. The van der Waals surface area contributed by atoms with E-state index < -0.39 is 0 Å². The van der Waals surface area contributed by atoms with Gasteiger partial charge in [0.15, 0.2) is 11.6 Å². The van der Waals surface area contributed by atoms with Crippen LogP contribution in [0.2, 0.25) is 0 Å². The minimum absolute atomic E-state index is 0.492. The number of thiophene rings is 1. The number of hydrogen-bond donors (Lipinski definition) is 0. The molecule has 0 aliphatic rings. The summed E-state index contributed by atoms with van der Waals surface area (Å²) in [5.74, 6) is 1.61. The van der Waals surface area contributed by atoms with E-state index in [1.165, 1.54) is 20.2 Å². The Balaban J connectivity index is 1.19. The van der Waals surface area contributed by atoms with E-state index in [-0.39, 0.29) is 0 Å². The lowest BCUT2D eigenvalue weighted by Crippen LogP contribution is -2.15. The van der Waals surface area contributed by atoms with E-state index in [0.29, 0.717) is 17.6 Å². The Morgan fingerprint density at radius 1 is 0.423 bits per heavy atom. The van der Waals surface area contributed by atoms with Gasteiger partial charge in [-0.2, -0.15) is 9.97 Å². The first-order valence-corrected chi connectivity index (χ1v) is 17.9. The highest BCUT2D eigenvalue weighted by Gasteiger charge is 2.24. The first-order chi connectivity index (χ1) is 25.7. The van der Waals surface area contributed by atoms with E-state index in [4.69, 9.17) is 23.8 Å². The smallest absolute Gasteiger partial charge is 0.238 e. The number of fused-ring (bicyclic) bond motifs is 9. The Kier molecular flexibility index (Phi) is 6.32. The van der Waals surface area contributed by atoms with Crippen LogP contribution in [0.25, 0.3) is 86.8 Å². The number of hydrogen-bond acceptors (Lipinski definition) is 7. The molecule has 0 amide bonds. The highest BCUT2D eigenvalue weighted by molar-refractivity contribution is 7.25. The van der Waals surface area contributed by atoms with Crippen molar-refractivity contribution in [3.05, 3.63) is 158 Å². The van der Waals surface area contributed by atoms with Gasteiger partial charge in [0.1, 0.15) is 22.3 Å². The second kappa shape index (κ2) is 11.3. The van der Waals surface area contributed by atoms with Crippen molar-refractivity contribution in [3.8, 4) is 22.8 Å². The van der Waals surface area contributed by atoms with E-state index in [1.54, 1.807) is 11.3 Å². The van der Waals surface area contributed by atoms with Crippen LogP contribution < -0.4 is 4.90 Å². The molecule has 11 aromatic rings. The average molecular weight is 687 g/mol. The van der Waals surface area contributed by atoms with Crippen molar-refractivity contribution < 1.29 is 8.83 Å². The van der Waals surface area contributed by atoms with Gasteiger partial charge in [-0.3, -0.25) is 4.90 Å². The molecule has 4 heterocycles. The molecule has 0 aliphatic carbocycles. The van der Waals surface area contributed by atoms with Gasteiger partial charge in [-0.15, -0.1) is 11.3 Å². The number of nitrogens with zero attached hydrogens (tertiary/aromatic N) is 4. The molecule has 244 valence electrons. The third-order valence-corrected chi connectivity index (χ3v) is 10.9. The molecule has 4 aromatic heterocycles. The third-order valence-electron chi connectivity index (χ3n) is 9.73. The molecule has 0 radical (unpaired) electrons. The molecule has 0 fully saturated rings. The highest BCUT2D eigenvalue weighted by atomic mass is 32.1. The molecule has 0 saturated carbocycles. The molecule has 0 atom stereocenters. The Morgan fingerprint density at radius 3 is 1.92 bits per heavy atom. The Hall–Kier alpha value is -6.83. The van der Waals surface area contributed by atoms with E-state index in [1.807, 2.05) is 84.9 Å². The summed E-state index contributed by atoms with van der Waals surface area (Å²) in [6.07, 6.45) is 0. The van der Waals surface area contributed by atoms with E-state index in [2.05, 4.69) is 77.7 Å². The molecule has 0 unspecified atom stereocenters. The quantitative estimate of drug-likeness (QED) is 0.179. The number of rotatable bonds is 5. The van der Waals surface area contributed by atoms with Crippen LogP contribution in [-0.4, -0.2) is 15.0 Å². The van der Waals surface area contributed by atoms with Crippen LogP contribution >= 0.6 is 11.3 Å². The normalized spacial score (nSPS) is 11.8. The van der Waals surface area contributed by atoms with Gasteiger partial charge in [0.2, 0.25) is 5.95 Å². The van der Waals surface area contributed by atoms with Crippen LogP contribution in [0.15, 0.2) is 167 Å². The maximum atomic E-state index is 6.39. The summed E-state index contributed by atoms with van der Waals surface area (Å²) in [5, 5.41) is 6.60. The lowest BCUT2D eigenvalue weighted by atomic mass is 10.1. The summed E-state index contributed by atoms with van der Waals surface area (Å²) < 4.78 is 15.1. The zero-order chi connectivity index (χ0) is 34.2. The number of aromatic nitrogens is 3. The van der Waals surface area contributed by atoms with Gasteiger partial charge < -0.3 is 8.83 Å². The molecule has 0 saturated heterocycles. The lowest BCUT2D eigenvalue weighted by Gasteiger charge is -2.25. The standard InChI is InChI=1S/C45H26N4O2S/c1-2-11-27(12-3-1)43-46-44(28-21-23-31-30-13-4-7-17-36(30)51-39(31)25-28)48-45(47-43)49(29-22-24-33-32-14-6-9-20-40(32)52-41(33)26-29)35-16-10-19-38-42(35)34-15-5-8-18-37(34)50-38/h1-26H. The molecular formula is C45H26N4O2S. The van der Waals surface area contributed by atoms with Crippen LogP contribution in [0.3, 0.4) is 0 Å². The SMILES string of the molecule is c1ccc(-c2nc(-c3ccc4c(c3)oc3ccccc34)nc(N(c3ccc4c(c3)sc3ccccc34)c3cccc4oc5ccccc5c34)n2)cc1. The highest BCUT2D eigenvalue weighted by Crippen LogP contribution is 2.45. The minimum Gasteiger partial charge on any atom is -0.456 e. The van der Waals surface area contributed by atoms with Gasteiger partial charge in [0.25, 0.3) is 0 Å². The molecule has 7 aromatic carbocycles. The first kappa shape index (κ1) is 29.0. The second-order valence-electron chi connectivity index (χ2n) is 12.8. The van der Waals surface area contributed by atoms with Crippen molar-refractivity contribution in [3.63, 3.8) is 0 Å². The molecule has 7 heteroatoms. The number of anilines is 3. The number of para-hydroxylation sites is 2. The fourth-order valence-electron chi connectivity index (χ4n) is 7.33. The predicted molar refractivity (Wildman–Crippen MR) is 213 cm³/mol. The molecular weight excluding hydrogens is 661 g/mol. The zero-order valence-corrected chi connectivity index (χ0v) is 28.3. The van der Waals surface area contributed by atoms with Crippen LogP contribution in [-0.2, 0) is 0 Å². The summed E-state index contributed by atoms with van der Waals surface area (Å²) in [4.78, 5) is 17.7. The van der Waals surface area contributed by atoms with Gasteiger partial charge in [-0.1, -0.05) is 103 Å². The van der Waals surface area contributed by atoms with Crippen molar-refractivity contribution in [2.75, 3.05) is 4.90 Å². The summed E-state index contributed by atoms with van der Waals surface area (Å²) in [6, 6.07) is 53.9. The van der Waals surface area contributed by atoms with Crippen LogP contribution in [0.5, 0.6) is 0 Å². The topological polar surface area (TPSA) is 68.2 Å². The van der Waals surface area contributed by atoms with Crippen LogP contribution in [0.4, 0.5) is 17.3 Å². The van der Waals surface area contributed by atoms with Crippen molar-refractivity contribution in [2.45, 2.75) is 0 Å². The monoisotopic (exact) mass is 686 g/mol. The zero-order valence-electron chi connectivity index (χ0n) is 27.5. The largest absolute Gasteiger partial charge is 0.456 e. The second-order valence-corrected chi connectivity index (χ2v) is 13.9. The summed E-state index contributed by atoms with van der Waals surface area (Å²) in [7, 11) is 0. The third kappa shape index (κ3) is 4.53. The van der Waals surface area contributed by atoms with Crippen molar-refractivity contribution >= 4 is 92.7 Å². The Labute approximate surface area is 300 Å². The fraction of sp³-hybridized carbons (Fsp3) is 0. The summed E-state index contributed by atoms with van der Waals surface area (Å²) in [6.45, 7) is 0. The Bertz CT molecular complexity index is 3160. The number of benzene rings is 7. The molecule has 0 spiro atoms. The molecule has 11 rings (SSSR count). The van der Waals surface area contributed by atoms with Gasteiger partial charge in [0, 0.05) is 47.5 Å². The number of furan rings is 2. The summed E-state index contributed by atoms with van der Waals surface area (Å²) >= 11 is 1.79. The van der Waals surface area contributed by atoms with E-state index >= 15 is 0 Å². The maximum absolute atomic E-state index is 6.39. The van der Waals surface area contributed by atoms with Gasteiger partial charge in [0.05, 0.1) is 16.8 Å². The average Bonchev–Trinajstić information content (AvgIpc) is 3.89. The lowest BCUT2D eigenvalue weighted by molar-refractivity contribution is 0.668. The molecule has 6 nitrogen and oxygen atoms in total. The maximum Gasteiger partial charge on any atom is 0.238 e.